The Hall–Kier alpha value is -0.580. The second-order valence-corrected chi connectivity index (χ2v) is 5.34. The minimum absolute atomic E-state index is 0.148. The fraction of sp³-hybridized carbons (Fsp3) is 0.571. The van der Waals surface area contributed by atoms with Gasteiger partial charge < -0.3 is 15.6 Å². The monoisotopic (exact) mass is 315 g/mol. The molecule has 0 fully saturated rings. The van der Waals surface area contributed by atoms with Crippen molar-refractivity contribution in [2.24, 2.45) is 11.7 Å². The minimum atomic E-state index is 0.148. The Kier molecular flexibility index (Phi) is 7.32. The van der Waals surface area contributed by atoms with Gasteiger partial charge in [-0.15, -0.1) is 0 Å². The van der Waals surface area contributed by atoms with Crippen LogP contribution in [0.25, 0.3) is 0 Å². The van der Waals surface area contributed by atoms with Crippen LogP contribution in [0.5, 0.6) is 5.75 Å². The van der Waals surface area contributed by atoms with Crippen LogP contribution in [0.2, 0.25) is 0 Å². The Morgan fingerprint density at radius 3 is 2.83 bits per heavy atom. The van der Waals surface area contributed by atoms with Gasteiger partial charge in [0.2, 0.25) is 0 Å². The molecule has 0 aliphatic heterocycles. The minimum Gasteiger partial charge on any atom is -0.493 e. The molecular formula is C14H22BrNO2. The third kappa shape index (κ3) is 4.96. The van der Waals surface area contributed by atoms with Gasteiger partial charge in [-0.05, 0) is 55.5 Å². The van der Waals surface area contributed by atoms with E-state index in [0.717, 1.165) is 36.1 Å². The van der Waals surface area contributed by atoms with E-state index in [0.29, 0.717) is 6.54 Å². The summed E-state index contributed by atoms with van der Waals surface area (Å²) in [6.45, 7) is 3.50. The van der Waals surface area contributed by atoms with Crippen LogP contribution in [0, 0.1) is 5.92 Å². The second-order valence-electron chi connectivity index (χ2n) is 4.42. The summed E-state index contributed by atoms with van der Waals surface area (Å²) in [7, 11) is 0. The lowest BCUT2D eigenvalue weighted by molar-refractivity contribution is 0.222. The van der Waals surface area contributed by atoms with E-state index in [1.807, 2.05) is 12.1 Å². The molecule has 0 amide bonds. The first kappa shape index (κ1) is 15.5. The Bertz CT molecular complexity index is 354. The van der Waals surface area contributed by atoms with E-state index in [2.05, 4.69) is 28.9 Å². The summed E-state index contributed by atoms with van der Waals surface area (Å²) in [4.78, 5) is 0. The second kappa shape index (κ2) is 8.51. The highest BCUT2D eigenvalue weighted by atomic mass is 79.9. The molecule has 0 radical (unpaired) electrons. The normalized spacial score (nSPS) is 12.4. The lowest BCUT2D eigenvalue weighted by Gasteiger charge is -2.14. The summed E-state index contributed by atoms with van der Waals surface area (Å²) in [5.41, 5.74) is 6.77. The van der Waals surface area contributed by atoms with E-state index >= 15 is 0 Å². The van der Waals surface area contributed by atoms with E-state index in [4.69, 9.17) is 15.6 Å². The van der Waals surface area contributed by atoms with Gasteiger partial charge in [0.1, 0.15) is 5.75 Å². The molecule has 18 heavy (non-hydrogen) atoms. The van der Waals surface area contributed by atoms with E-state index in [1.165, 1.54) is 5.56 Å². The fourth-order valence-electron chi connectivity index (χ4n) is 1.74. The van der Waals surface area contributed by atoms with Crippen LogP contribution in [0.4, 0.5) is 0 Å². The smallest absolute Gasteiger partial charge is 0.122 e. The zero-order chi connectivity index (χ0) is 13.4. The molecule has 0 aliphatic carbocycles. The van der Waals surface area contributed by atoms with Crippen LogP contribution in [0.15, 0.2) is 22.7 Å². The predicted molar refractivity (Wildman–Crippen MR) is 77.9 cm³/mol. The van der Waals surface area contributed by atoms with Crippen molar-refractivity contribution in [3.63, 3.8) is 0 Å². The SMILES string of the molecule is CCCOc1ccc(Br)cc1CCC(CN)CO. The molecule has 1 atom stereocenters. The first-order valence-corrected chi connectivity index (χ1v) is 7.22. The Morgan fingerprint density at radius 1 is 1.44 bits per heavy atom. The Labute approximate surface area is 117 Å². The summed E-state index contributed by atoms with van der Waals surface area (Å²) >= 11 is 3.48. The molecule has 0 bridgehead atoms. The van der Waals surface area contributed by atoms with Gasteiger partial charge >= 0.3 is 0 Å². The maximum absolute atomic E-state index is 9.15. The van der Waals surface area contributed by atoms with Gasteiger partial charge in [0, 0.05) is 11.1 Å². The van der Waals surface area contributed by atoms with Gasteiger partial charge in [0.05, 0.1) is 6.61 Å². The van der Waals surface area contributed by atoms with Gasteiger partial charge in [-0.1, -0.05) is 22.9 Å². The highest BCUT2D eigenvalue weighted by Gasteiger charge is 2.09. The van der Waals surface area contributed by atoms with Crippen LogP contribution in [0.1, 0.15) is 25.3 Å². The van der Waals surface area contributed by atoms with Crippen molar-refractivity contribution in [2.75, 3.05) is 19.8 Å². The third-order valence-electron chi connectivity index (χ3n) is 2.90. The molecule has 0 saturated carbocycles. The number of ether oxygens (including phenoxy) is 1. The molecule has 102 valence electrons. The number of nitrogens with two attached hydrogens (primary N) is 1. The molecule has 1 aromatic rings. The van der Waals surface area contributed by atoms with Gasteiger partial charge in [0.25, 0.3) is 0 Å². The largest absolute Gasteiger partial charge is 0.493 e. The molecule has 0 aromatic heterocycles. The van der Waals surface area contributed by atoms with E-state index in [1.54, 1.807) is 0 Å². The summed E-state index contributed by atoms with van der Waals surface area (Å²) < 4.78 is 6.78. The average molecular weight is 316 g/mol. The number of hydrogen-bond acceptors (Lipinski definition) is 3. The number of aliphatic hydroxyl groups is 1. The first-order chi connectivity index (χ1) is 8.71. The van der Waals surface area contributed by atoms with Crippen molar-refractivity contribution in [1.82, 2.24) is 0 Å². The number of rotatable bonds is 8. The Balaban J connectivity index is 2.68. The lowest BCUT2D eigenvalue weighted by Crippen LogP contribution is -2.18. The summed E-state index contributed by atoms with van der Waals surface area (Å²) in [6, 6.07) is 6.06. The molecule has 0 heterocycles. The molecule has 3 N–H and O–H groups in total. The van der Waals surface area contributed by atoms with Crippen molar-refractivity contribution in [2.45, 2.75) is 26.2 Å². The van der Waals surface area contributed by atoms with E-state index in [9.17, 15) is 0 Å². The zero-order valence-corrected chi connectivity index (χ0v) is 12.4. The number of hydrogen-bond donors (Lipinski definition) is 2. The van der Waals surface area contributed by atoms with Gasteiger partial charge in [-0.3, -0.25) is 0 Å². The van der Waals surface area contributed by atoms with Crippen LogP contribution >= 0.6 is 15.9 Å². The van der Waals surface area contributed by atoms with Crippen molar-refractivity contribution < 1.29 is 9.84 Å². The predicted octanol–water partition coefficient (Wildman–Crippen LogP) is 2.74. The van der Waals surface area contributed by atoms with Gasteiger partial charge in [0.15, 0.2) is 0 Å². The number of benzene rings is 1. The van der Waals surface area contributed by atoms with Crippen molar-refractivity contribution in [3.8, 4) is 5.75 Å². The van der Waals surface area contributed by atoms with Gasteiger partial charge in [-0.25, -0.2) is 0 Å². The fourth-order valence-corrected chi connectivity index (χ4v) is 2.15. The number of halogens is 1. The maximum Gasteiger partial charge on any atom is 0.122 e. The highest BCUT2D eigenvalue weighted by Crippen LogP contribution is 2.25. The zero-order valence-electron chi connectivity index (χ0n) is 10.9. The third-order valence-corrected chi connectivity index (χ3v) is 3.39. The van der Waals surface area contributed by atoms with Crippen LogP contribution in [-0.4, -0.2) is 24.9 Å². The van der Waals surface area contributed by atoms with Gasteiger partial charge in [-0.2, -0.15) is 0 Å². The standard InChI is InChI=1S/C14H22BrNO2/c1-2-7-18-14-6-5-13(15)8-12(14)4-3-11(9-16)10-17/h5-6,8,11,17H,2-4,7,9-10,16H2,1H3. The summed E-state index contributed by atoms with van der Waals surface area (Å²) in [5, 5.41) is 9.15. The quantitative estimate of drug-likeness (QED) is 0.775. The molecule has 1 unspecified atom stereocenters. The molecule has 4 heteroatoms. The summed E-state index contributed by atoms with van der Waals surface area (Å²) in [6.07, 6.45) is 2.75. The molecule has 0 aliphatic rings. The van der Waals surface area contributed by atoms with Crippen LogP contribution < -0.4 is 10.5 Å². The molecule has 0 saturated heterocycles. The first-order valence-electron chi connectivity index (χ1n) is 6.43. The van der Waals surface area contributed by atoms with Crippen molar-refractivity contribution in [1.29, 1.82) is 0 Å². The molecule has 0 spiro atoms. The molecule has 3 nitrogen and oxygen atoms in total. The number of aryl methyl sites for hydroxylation is 1. The summed E-state index contributed by atoms with van der Waals surface area (Å²) in [5.74, 6) is 1.11. The van der Waals surface area contributed by atoms with Crippen LogP contribution in [0.3, 0.4) is 0 Å². The number of aliphatic hydroxyl groups excluding tert-OH is 1. The van der Waals surface area contributed by atoms with E-state index < -0.39 is 0 Å². The van der Waals surface area contributed by atoms with E-state index in [-0.39, 0.29) is 12.5 Å². The highest BCUT2D eigenvalue weighted by molar-refractivity contribution is 9.10. The lowest BCUT2D eigenvalue weighted by atomic mass is 10.00. The average Bonchev–Trinajstić information content (AvgIpc) is 2.39. The maximum atomic E-state index is 9.15. The molecule has 1 rings (SSSR count). The Morgan fingerprint density at radius 2 is 2.22 bits per heavy atom. The van der Waals surface area contributed by atoms with Crippen LogP contribution in [-0.2, 0) is 6.42 Å². The topological polar surface area (TPSA) is 55.5 Å². The van der Waals surface area contributed by atoms with Crippen molar-refractivity contribution >= 4 is 15.9 Å². The van der Waals surface area contributed by atoms with Crippen molar-refractivity contribution in [3.05, 3.63) is 28.2 Å². The molecule has 1 aromatic carbocycles. The molecular weight excluding hydrogens is 294 g/mol.